The minimum atomic E-state index is -0.143. The van der Waals surface area contributed by atoms with E-state index in [1.807, 2.05) is 12.3 Å². The summed E-state index contributed by atoms with van der Waals surface area (Å²) in [7, 11) is 0. The number of ether oxygens (including phenoxy) is 1. The van der Waals surface area contributed by atoms with Gasteiger partial charge in [0.2, 0.25) is 0 Å². The molecule has 64 valence electrons. The molecular weight excluding hydrogens is 175 g/mol. The van der Waals surface area contributed by atoms with Crippen molar-refractivity contribution >= 4 is 11.8 Å². The summed E-state index contributed by atoms with van der Waals surface area (Å²) in [6, 6.07) is 5.28. The Morgan fingerprint density at radius 1 is 1.58 bits per heavy atom. The van der Waals surface area contributed by atoms with E-state index in [1.54, 1.807) is 12.1 Å². The molecule has 1 aromatic carbocycles. The van der Waals surface area contributed by atoms with Gasteiger partial charge in [-0.25, -0.2) is 4.39 Å². The van der Waals surface area contributed by atoms with Crippen molar-refractivity contribution in [3.8, 4) is 0 Å². The Balaban J connectivity index is 2.30. The predicted octanol–water partition coefficient (Wildman–Crippen LogP) is 2.62. The Kier molecular flexibility index (Phi) is 2.07. The van der Waals surface area contributed by atoms with Crippen LogP contribution >= 0.6 is 11.8 Å². The maximum absolute atomic E-state index is 13.2. The van der Waals surface area contributed by atoms with Crippen LogP contribution < -0.4 is 0 Å². The molecular formula is C9H9FOS. The molecule has 1 fully saturated rings. The summed E-state index contributed by atoms with van der Waals surface area (Å²) in [6.07, 6.45) is 2.02. The first kappa shape index (κ1) is 8.08. The first-order valence-corrected chi connectivity index (χ1v) is 4.99. The van der Waals surface area contributed by atoms with E-state index in [0.29, 0.717) is 4.90 Å². The van der Waals surface area contributed by atoms with Crippen LogP contribution in [0.15, 0.2) is 23.1 Å². The quantitative estimate of drug-likeness (QED) is 0.517. The second-order valence-corrected chi connectivity index (χ2v) is 3.56. The van der Waals surface area contributed by atoms with Gasteiger partial charge < -0.3 is 4.74 Å². The fourth-order valence-electron chi connectivity index (χ4n) is 1.12. The third kappa shape index (κ3) is 1.47. The van der Waals surface area contributed by atoms with Crippen LogP contribution in [-0.2, 0) is 4.74 Å². The van der Waals surface area contributed by atoms with Crippen LogP contribution in [0.25, 0.3) is 0 Å². The van der Waals surface area contributed by atoms with Crippen molar-refractivity contribution in [2.45, 2.75) is 11.0 Å². The predicted molar refractivity (Wildman–Crippen MR) is 46.9 cm³/mol. The number of hydrogen-bond donors (Lipinski definition) is 0. The molecule has 0 unspecified atom stereocenters. The Labute approximate surface area is 74.9 Å². The third-order valence-electron chi connectivity index (χ3n) is 1.88. The minimum Gasteiger partial charge on any atom is -0.368 e. The molecule has 1 saturated heterocycles. The number of halogens is 1. The van der Waals surface area contributed by atoms with Crippen molar-refractivity contribution < 1.29 is 9.13 Å². The summed E-state index contributed by atoms with van der Waals surface area (Å²) in [6.45, 7) is 0.734. The van der Waals surface area contributed by atoms with Gasteiger partial charge in [-0.05, 0) is 24.0 Å². The molecule has 0 amide bonds. The highest BCUT2D eigenvalue weighted by atomic mass is 32.2. The molecule has 1 aliphatic heterocycles. The van der Waals surface area contributed by atoms with Crippen LogP contribution in [0.4, 0.5) is 4.39 Å². The van der Waals surface area contributed by atoms with E-state index in [0.717, 1.165) is 12.2 Å². The average molecular weight is 184 g/mol. The molecule has 0 saturated carbocycles. The summed E-state index contributed by atoms with van der Waals surface area (Å²) >= 11 is 1.42. The molecule has 0 spiro atoms. The molecule has 3 heteroatoms. The van der Waals surface area contributed by atoms with Crippen LogP contribution in [0.3, 0.4) is 0 Å². The van der Waals surface area contributed by atoms with Crippen molar-refractivity contribution in [1.82, 2.24) is 0 Å². The topological polar surface area (TPSA) is 12.5 Å². The lowest BCUT2D eigenvalue weighted by atomic mass is 10.2. The van der Waals surface area contributed by atoms with Gasteiger partial charge >= 0.3 is 0 Å². The van der Waals surface area contributed by atoms with Gasteiger partial charge in [0, 0.05) is 4.90 Å². The van der Waals surface area contributed by atoms with Gasteiger partial charge in [-0.15, -0.1) is 11.8 Å². The SMILES string of the molecule is CSc1ccc([C@@H]2CO2)cc1F. The van der Waals surface area contributed by atoms with Crippen LogP contribution in [0, 0.1) is 5.82 Å². The number of rotatable bonds is 2. The summed E-state index contributed by atoms with van der Waals surface area (Å²) in [5, 5.41) is 0. The van der Waals surface area contributed by atoms with E-state index in [1.165, 1.54) is 11.8 Å². The zero-order valence-electron chi connectivity index (χ0n) is 6.71. The number of benzene rings is 1. The molecule has 1 heterocycles. The molecule has 1 nitrogen and oxygen atoms in total. The van der Waals surface area contributed by atoms with Crippen molar-refractivity contribution in [3.05, 3.63) is 29.6 Å². The third-order valence-corrected chi connectivity index (χ3v) is 2.65. The molecule has 1 aliphatic rings. The Bertz CT molecular complexity index is 297. The number of hydrogen-bond acceptors (Lipinski definition) is 2. The van der Waals surface area contributed by atoms with Gasteiger partial charge in [0.25, 0.3) is 0 Å². The van der Waals surface area contributed by atoms with E-state index < -0.39 is 0 Å². The fraction of sp³-hybridized carbons (Fsp3) is 0.333. The molecule has 0 aliphatic carbocycles. The van der Waals surface area contributed by atoms with Gasteiger partial charge in [-0.3, -0.25) is 0 Å². The lowest BCUT2D eigenvalue weighted by Crippen LogP contribution is -1.85. The zero-order valence-corrected chi connectivity index (χ0v) is 7.53. The standard InChI is InChI=1S/C9H9FOS/c1-12-9-3-2-6(4-7(9)10)8-5-11-8/h2-4,8H,5H2,1H3/t8-/m0/s1. The number of thioether (sulfide) groups is 1. The highest BCUT2D eigenvalue weighted by Crippen LogP contribution is 2.31. The maximum Gasteiger partial charge on any atom is 0.137 e. The van der Waals surface area contributed by atoms with E-state index >= 15 is 0 Å². The summed E-state index contributed by atoms with van der Waals surface area (Å²) in [5.74, 6) is -0.143. The molecule has 2 rings (SSSR count). The first-order valence-electron chi connectivity index (χ1n) is 3.76. The van der Waals surface area contributed by atoms with E-state index in [4.69, 9.17) is 4.74 Å². The second kappa shape index (κ2) is 3.07. The Morgan fingerprint density at radius 3 is 2.83 bits per heavy atom. The Morgan fingerprint density at radius 2 is 2.33 bits per heavy atom. The van der Waals surface area contributed by atoms with Crippen LogP contribution in [-0.4, -0.2) is 12.9 Å². The molecule has 12 heavy (non-hydrogen) atoms. The van der Waals surface area contributed by atoms with Gasteiger partial charge in [0.15, 0.2) is 0 Å². The van der Waals surface area contributed by atoms with Crippen molar-refractivity contribution in [3.63, 3.8) is 0 Å². The maximum atomic E-state index is 13.2. The lowest BCUT2D eigenvalue weighted by molar-refractivity contribution is 0.414. The van der Waals surface area contributed by atoms with Crippen LogP contribution in [0.2, 0.25) is 0 Å². The normalized spacial score (nSPS) is 21.0. The average Bonchev–Trinajstić information content (AvgIpc) is 2.86. The van der Waals surface area contributed by atoms with Crippen molar-refractivity contribution in [1.29, 1.82) is 0 Å². The van der Waals surface area contributed by atoms with E-state index in [-0.39, 0.29) is 11.9 Å². The van der Waals surface area contributed by atoms with Gasteiger partial charge in [0.1, 0.15) is 11.9 Å². The minimum absolute atomic E-state index is 0.143. The lowest BCUT2D eigenvalue weighted by Gasteiger charge is -2.00. The van der Waals surface area contributed by atoms with E-state index in [2.05, 4.69) is 0 Å². The smallest absolute Gasteiger partial charge is 0.137 e. The molecule has 0 N–H and O–H groups in total. The van der Waals surface area contributed by atoms with Crippen LogP contribution in [0.5, 0.6) is 0 Å². The summed E-state index contributed by atoms with van der Waals surface area (Å²) < 4.78 is 18.2. The number of epoxide rings is 1. The highest BCUT2D eigenvalue weighted by Gasteiger charge is 2.25. The largest absolute Gasteiger partial charge is 0.368 e. The Hall–Kier alpha value is -0.540. The van der Waals surface area contributed by atoms with Crippen molar-refractivity contribution in [2.24, 2.45) is 0 Å². The monoisotopic (exact) mass is 184 g/mol. The summed E-state index contributed by atoms with van der Waals surface area (Å²) in [5.41, 5.74) is 0.949. The van der Waals surface area contributed by atoms with Crippen molar-refractivity contribution in [2.75, 3.05) is 12.9 Å². The molecule has 0 aromatic heterocycles. The molecule has 0 radical (unpaired) electrons. The van der Waals surface area contributed by atoms with Gasteiger partial charge in [-0.1, -0.05) is 6.07 Å². The van der Waals surface area contributed by atoms with E-state index in [9.17, 15) is 4.39 Å². The molecule has 0 bridgehead atoms. The fourth-order valence-corrected chi connectivity index (χ4v) is 1.58. The highest BCUT2D eigenvalue weighted by molar-refractivity contribution is 7.98. The zero-order chi connectivity index (χ0) is 8.55. The molecule has 1 aromatic rings. The van der Waals surface area contributed by atoms with Crippen LogP contribution in [0.1, 0.15) is 11.7 Å². The first-order chi connectivity index (χ1) is 5.81. The molecule has 1 atom stereocenters. The van der Waals surface area contributed by atoms with Gasteiger partial charge in [0.05, 0.1) is 6.61 Å². The van der Waals surface area contributed by atoms with Gasteiger partial charge in [-0.2, -0.15) is 0 Å². The summed E-state index contributed by atoms with van der Waals surface area (Å²) in [4.78, 5) is 0.694. The second-order valence-electron chi connectivity index (χ2n) is 2.72.